The molecule has 0 bridgehead atoms. The molecule has 3 rings (SSSR count). The van der Waals surface area contributed by atoms with E-state index in [1.165, 1.54) is 0 Å². The minimum absolute atomic E-state index is 0.161. The van der Waals surface area contributed by atoms with Crippen molar-refractivity contribution in [3.8, 4) is 11.4 Å². The first-order valence-electron chi connectivity index (χ1n) is 9.09. The Balaban J connectivity index is 1.47. The molecule has 1 fully saturated rings. The Morgan fingerprint density at radius 3 is 2.86 bits per heavy atom. The van der Waals surface area contributed by atoms with Crippen LogP contribution in [0.15, 0.2) is 33.8 Å². The van der Waals surface area contributed by atoms with Crippen molar-refractivity contribution in [2.45, 2.75) is 31.9 Å². The van der Waals surface area contributed by atoms with Crippen LogP contribution in [0, 0.1) is 0 Å². The average Bonchev–Trinajstić information content (AvgIpc) is 3.15. The van der Waals surface area contributed by atoms with Crippen LogP contribution in [0.25, 0.3) is 11.4 Å². The molecule has 1 aliphatic rings. The Hall–Kier alpha value is -2.26. The third-order valence-electron chi connectivity index (χ3n) is 4.51. The van der Waals surface area contributed by atoms with E-state index in [-0.39, 0.29) is 12.6 Å². The molecule has 28 heavy (non-hydrogen) atoms. The smallest absolute Gasteiger partial charge is 0.251 e. The van der Waals surface area contributed by atoms with Crippen molar-refractivity contribution in [2.24, 2.45) is 4.99 Å². The topological polar surface area (TPSA) is 78.6 Å². The summed E-state index contributed by atoms with van der Waals surface area (Å²) in [4.78, 5) is 10.3. The summed E-state index contributed by atoms with van der Waals surface area (Å²) in [6.45, 7) is 1.45. The van der Waals surface area contributed by atoms with Gasteiger partial charge in [-0.1, -0.05) is 28.9 Å². The quantitative estimate of drug-likeness (QED) is 0.561. The lowest BCUT2D eigenvalue weighted by Crippen LogP contribution is -2.49. The van der Waals surface area contributed by atoms with Crippen LogP contribution in [0.3, 0.4) is 0 Å². The molecule has 0 amide bonds. The molecule has 0 unspecified atom stereocenters. The Labute approximate surface area is 167 Å². The van der Waals surface area contributed by atoms with E-state index < -0.39 is 6.43 Å². The highest BCUT2D eigenvalue weighted by Gasteiger charge is 2.22. The lowest BCUT2D eigenvalue weighted by Gasteiger charge is -2.32. The van der Waals surface area contributed by atoms with E-state index in [4.69, 9.17) is 16.1 Å². The van der Waals surface area contributed by atoms with Crippen molar-refractivity contribution < 1.29 is 13.3 Å². The Morgan fingerprint density at radius 1 is 1.39 bits per heavy atom. The lowest BCUT2D eigenvalue weighted by molar-refractivity contribution is 0.0744. The zero-order valence-corrected chi connectivity index (χ0v) is 16.3. The predicted molar refractivity (Wildman–Crippen MR) is 104 cm³/mol. The number of benzene rings is 1. The molecule has 2 aromatic rings. The van der Waals surface area contributed by atoms with Crippen LogP contribution in [-0.2, 0) is 6.54 Å². The fourth-order valence-electron chi connectivity index (χ4n) is 3.07. The second-order valence-electron chi connectivity index (χ2n) is 6.56. The third kappa shape index (κ3) is 5.87. The van der Waals surface area contributed by atoms with Gasteiger partial charge in [-0.05, 0) is 25.0 Å². The molecule has 0 atom stereocenters. The highest BCUT2D eigenvalue weighted by Crippen LogP contribution is 2.19. The Morgan fingerprint density at radius 2 is 2.18 bits per heavy atom. The maximum absolute atomic E-state index is 12.5. The summed E-state index contributed by atoms with van der Waals surface area (Å²) in [6.07, 6.45) is -0.718. The summed E-state index contributed by atoms with van der Waals surface area (Å²) in [6, 6.07) is 7.41. The molecule has 7 nitrogen and oxygen atoms in total. The standard InChI is InChI=1S/C18H23ClF2N6O/c1-22-18(24-14-5-7-27(8-6-14)11-15(20)21)23-10-16-25-17(26-28-16)12-3-2-4-13(19)9-12/h2-4,9,14-15H,5-8,10-11H2,1H3,(H2,22,23,24). The first-order chi connectivity index (χ1) is 13.5. The number of hydrogen-bond acceptors (Lipinski definition) is 5. The van der Waals surface area contributed by atoms with Gasteiger partial charge in [-0.2, -0.15) is 4.98 Å². The summed E-state index contributed by atoms with van der Waals surface area (Å²) in [5.74, 6) is 1.49. The van der Waals surface area contributed by atoms with Crippen molar-refractivity contribution in [3.63, 3.8) is 0 Å². The van der Waals surface area contributed by atoms with Crippen molar-refractivity contribution in [2.75, 3.05) is 26.7 Å². The molecule has 1 aromatic heterocycles. The lowest BCUT2D eigenvalue weighted by atomic mass is 10.1. The summed E-state index contributed by atoms with van der Waals surface area (Å²) in [5.41, 5.74) is 0.778. The van der Waals surface area contributed by atoms with Gasteiger partial charge >= 0.3 is 0 Å². The molecule has 1 aromatic carbocycles. The maximum atomic E-state index is 12.5. The van der Waals surface area contributed by atoms with Gasteiger partial charge in [0, 0.05) is 36.8 Å². The van der Waals surface area contributed by atoms with E-state index in [0.717, 1.165) is 18.4 Å². The van der Waals surface area contributed by atoms with Gasteiger partial charge in [-0.15, -0.1) is 0 Å². The van der Waals surface area contributed by atoms with E-state index >= 15 is 0 Å². The molecule has 0 saturated carbocycles. The molecule has 0 radical (unpaired) electrons. The SMILES string of the molecule is CN=C(NCc1nc(-c2cccc(Cl)c2)no1)NC1CCN(CC(F)F)CC1. The minimum atomic E-state index is -2.29. The molecular weight excluding hydrogens is 390 g/mol. The highest BCUT2D eigenvalue weighted by molar-refractivity contribution is 6.30. The Bertz CT molecular complexity index is 792. The van der Waals surface area contributed by atoms with Crippen LogP contribution in [0.5, 0.6) is 0 Å². The van der Waals surface area contributed by atoms with Crippen LogP contribution >= 0.6 is 11.6 Å². The number of nitrogens with zero attached hydrogens (tertiary/aromatic N) is 4. The average molecular weight is 413 g/mol. The Kier molecular flexibility index (Phi) is 7.16. The molecule has 10 heteroatoms. The molecule has 1 aliphatic heterocycles. The summed E-state index contributed by atoms with van der Waals surface area (Å²) in [5, 5.41) is 11.0. The minimum Gasteiger partial charge on any atom is -0.354 e. The monoisotopic (exact) mass is 412 g/mol. The van der Waals surface area contributed by atoms with Gasteiger partial charge < -0.3 is 15.2 Å². The van der Waals surface area contributed by atoms with Crippen LogP contribution in [0.1, 0.15) is 18.7 Å². The number of likely N-dealkylation sites (tertiary alicyclic amines) is 1. The van der Waals surface area contributed by atoms with E-state index in [9.17, 15) is 8.78 Å². The molecule has 2 N–H and O–H groups in total. The normalized spacial score (nSPS) is 16.5. The van der Waals surface area contributed by atoms with Crippen LogP contribution in [0.2, 0.25) is 5.02 Å². The summed E-state index contributed by atoms with van der Waals surface area (Å²) < 4.78 is 30.2. The van der Waals surface area contributed by atoms with E-state index in [2.05, 4.69) is 25.8 Å². The molecule has 0 aliphatic carbocycles. The van der Waals surface area contributed by atoms with E-state index in [0.29, 0.717) is 42.3 Å². The number of aromatic nitrogens is 2. The van der Waals surface area contributed by atoms with Gasteiger partial charge in [-0.3, -0.25) is 9.89 Å². The third-order valence-corrected chi connectivity index (χ3v) is 4.74. The van der Waals surface area contributed by atoms with Crippen molar-refractivity contribution in [1.82, 2.24) is 25.7 Å². The van der Waals surface area contributed by atoms with Crippen molar-refractivity contribution in [1.29, 1.82) is 0 Å². The molecule has 2 heterocycles. The molecule has 0 spiro atoms. The number of rotatable bonds is 6. The van der Waals surface area contributed by atoms with Crippen LogP contribution in [0.4, 0.5) is 8.78 Å². The second kappa shape index (κ2) is 9.79. The van der Waals surface area contributed by atoms with Gasteiger partial charge in [0.25, 0.3) is 6.43 Å². The number of nitrogens with one attached hydrogen (secondary N) is 2. The molecule has 1 saturated heterocycles. The number of piperidine rings is 1. The van der Waals surface area contributed by atoms with Gasteiger partial charge in [0.15, 0.2) is 5.96 Å². The fourth-order valence-corrected chi connectivity index (χ4v) is 3.26. The van der Waals surface area contributed by atoms with Crippen molar-refractivity contribution >= 4 is 17.6 Å². The summed E-state index contributed by atoms with van der Waals surface area (Å²) in [7, 11) is 1.67. The van der Waals surface area contributed by atoms with E-state index in [1.54, 1.807) is 24.1 Å². The number of aliphatic imine (C=N–C) groups is 1. The van der Waals surface area contributed by atoms with Gasteiger partial charge in [0.05, 0.1) is 13.1 Å². The number of alkyl halides is 2. The zero-order chi connectivity index (χ0) is 19.9. The van der Waals surface area contributed by atoms with Crippen LogP contribution < -0.4 is 10.6 Å². The highest BCUT2D eigenvalue weighted by atomic mass is 35.5. The maximum Gasteiger partial charge on any atom is 0.251 e. The fraction of sp³-hybridized carbons (Fsp3) is 0.500. The van der Waals surface area contributed by atoms with Crippen molar-refractivity contribution in [3.05, 3.63) is 35.2 Å². The first kappa shape index (κ1) is 20.5. The number of halogens is 3. The summed E-state index contributed by atoms with van der Waals surface area (Å²) >= 11 is 5.99. The second-order valence-corrected chi connectivity index (χ2v) is 6.99. The van der Waals surface area contributed by atoms with Gasteiger partial charge in [0.1, 0.15) is 0 Å². The van der Waals surface area contributed by atoms with Gasteiger partial charge in [-0.25, -0.2) is 8.78 Å². The predicted octanol–water partition coefficient (Wildman–Crippen LogP) is 2.78. The zero-order valence-electron chi connectivity index (χ0n) is 15.5. The van der Waals surface area contributed by atoms with Crippen LogP contribution in [-0.4, -0.2) is 60.1 Å². The number of guanidine groups is 1. The largest absolute Gasteiger partial charge is 0.354 e. The van der Waals surface area contributed by atoms with E-state index in [1.807, 2.05) is 12.1 Å². The first-order valence-corrected chi connectivity index (χ1v) is 9.47. The van der Waals surface area contributed by atoms with Gasteiger partial charge in [0.2, 0.25) is 11.7 Å². The number of hydrogen-bond donors (Lipinski definition) is 2. The molecular formula is C18H23ClF2N6O. The molecule has 152 valence electrons.